The summed E-state index contributed by atoms with van der Waals surface area (Å²) < 4.78 is 0. The monoisotopic (exact) mass is 110 g/mol. The first-order valence-corrected chi connectivity index (χ1v) is 3.47. The van der Waals surface area contributed by atoms with E-state index in [4.69, 9.17) is 0 Å². The molecular weight excluding hydrogens is 96.1 g/mol. The second-order valence-electron chi connectivity index (χ2n) is 2.80. The Kier molecular flexibility index (Phi) is 1.93. The fourth-order valence-electron chi connectivity index (χ4n) is 1.28. The molecule has 0 aromatic heterocycles. The molecule has 1 aliphatic carbocycles. The molecule has 1 rings (SSSR count). The predicted octanol–water partition coefficient (Wildman–Crippen LogP) is 2.46. The summed E-state index contributed by atoms with van der Waals surface area (Å²) in [7, 11) is 0. The van der Waals surface area contributed by atoms with Crippen molar-refractivity contribution < 1.29 is 0 Å². The molecule has 2 unspecified atom stereocenters. The molecular formula is C8H14. The third-order valence-corrected chi connectivity index (χ3v) is 2.07. The van der Waals surface area contributed by atoms with E-state index in [-0.39, 0.29) is 0 Å². The van der Waals surface area contributed by atoms with Crippen LogP contribution in [0.2, 0.25) is 0 Å². The third-order valence-electron chi connectivity index (χ3n) is 2.07. The van der Waals surface area contributed by atoms with Crippen LogP contribution in [0, 0.1) is 25.7 Å². The second kappa shape index (κ2) is 2.52. The lowest BCUT2D eigenvalue weighted by atomic mass is 9.82. The normalized spacial score (nSPS) is 39.8. The quantitative estimate of drug-likeness (QED) is 0.449. The van der Waals surface area contributed by atoms with Gasteiger partial charge in [0.25, 0.3) is 0 Å². The van der Waals surface area contributed by atoms with E-state index < -0.39 is 0 Å². The second-order valence-corrected chi connectivity index (χ2v) is 2.80. The van der Waals surface area contributed by atoms with Crippen molar-refractivity contribution in [2.24, 2.45) is 11.8 Å². The molecule has 0 N–H and O–H groups in total. The van der Waals surface area contributed by atoms with E-state index in [1.54, 1.807) is 0 Å². The third kappa shape index (κ3) is 1.24. The molecule has 0 heteroatoms. The zero-order valence-corrected chi connectivity index (χ0v) is 5.40. The van der Waals surface area contributed by atoms with Crippen LogP contribution in [0.25, 0.3) is 0 Å². The Morgan fingerprint density at radius 2 is 1.25 bits per heavy atom. The maximum Gasteiger partial charge on any atom is -0.0386 e. The van der Waals surface area contributed by atoms with Crippen LogP contribution in [0.4, 0.5) is 0 Å². The molecule has 0 amide bonds. The number of hydrogen-bond donors (Lipinski definition) is 0. The van der Waals surface area contributed by atoms with Gasteiger partial charge >= 0.3 is 0 Å². The van der Waals surface area contributed by atoms with Crippen LogP contribution in [0.3, 0.4) is 0 Å². The van der Waals surface area contributed by atoms with Gasteiger partial charge < -0.3 is 0 Å². The van der Waals surface area contributed by atoms with Crippen molar-refractivity contribution in [3.05, 3.63) is 13.8 Å². The summed E-state index contributed by atoms with van der Waals surface area (Å²) in [6, 6.07) is 0. The van der Waals surface area contributed by atoms with Crippen molar-refractivity contribution in [2.75, 3.05) is 0 Å². The molecule has 0 bridgehead atoms. The van der Waals surface area contributed by atoms with Crippen molar-refractivity contribution in [1.29, 1.82) is 0 Å². The Bertz CT molecular complexity index is 56.4. The van der Waals surface area contributed by atoms with Gasteiger partial charge in [0.1, 0.15) is 0 Å². The van der Waals surface area contributed by atoms with E-state index in [2.05, 4.69) is 13.8 Å². The van der Waals surface area contributed by atoms with Crippen molar-refractivity contribution in [3.8, 4) is 0 Å². The minimum atomic E-state index is 0.642. The van der Waals surface area contributed by atoms with Gasteiger partial charge in [-0.25, -0.2) is 0 Å². The molecule has 0 aliphatic heterocycles. The van der Waals surface area contributed by atoms with Crippen LogP contribution in [0.1, 0.15) is 25.7 Å². The van der Waals surface area contributed by atoms with E-state index in [0.29, 0.717) is 11.8 Å². The molecule has 1 aliphatic rings. The van der Waals surface area contributed by atoms with E-state index >= 15 is 0 Å². The van der Waals surface area contributed by atoms with Gasteiger partial charge in [-0.05, 0) is 25.7 Å². The van der Waals surface area contributed by atoms with Gasteiger partial charge in [-0.2, -0.15) is 0 Å². The largest absolute Gasteiger partial charge is 0.0530 e. The summed E-state index contributed by atoms with van der Waals surface area (Å²) >= 11 is 0. The highest BCUT2D eigenvalue weighted by Crippen LogP contribution is 2.27. The Labute approximate surface area is 52.3 Å². The van der Waals surface area contributed by atoms with E-state index in [9.17, 15) is 0 Å². The fourth-order valence-corrected chi connectivity index (χ4v) is 1.28. The minimum Gasteiger partial charge on any atom is -0.0530 e. The minimum absolute atomic E-state index is 0.642. The zero-order valence-electron chi connectivity index (χ0n) is 5.40. The zero-order chi connectivity index (χ0) is 5.98. The number of hydrogen-bond acceptors (Lipinski definition) is 0. The lowest BCUT2D eigenvalue weighted by Gasteiger charge is -2.24. The summed E-state index contributed by atoms with van der Waals surface area (Å²) in [4.78, 5) is 0. The maximum atomic E-state index is 4.02. The lowest BCUT2D eigenvalue weighted by Crippen LogP contribution is -2.13. The summed E-state index contributed by atoms with van der Waals surface area (Å²) in [5.41, 5.74) is 0. The van der Waals surface area contributed by atoms with Crippen molar-refractivity contribution in [3.63, 3.8) is 0 Å². The highest BCUT2D eigenvalue weighted by Gasteiger charge is 2.15. The first-order valence-electron chi connectivity index (χ1n) is 3.47. The number of rotatable bonds is 0. The highest BCUT2D eigenvalue weighted by atomic mass is 14.2. The topological polar surface area (TPSA) is 0 Å². The summed E-state index contributed by atoms with van der Waals surface area (Å²) in [6.07, 6.45) is 5.35. The molecule has 46 valence electrons. The van der Waals surface area contributed by atoms with E-state index in [0.717, 1.165) is 0 Å². The van der Waals surface area contributed by atoms with Crippen LogP contribution in [0.15, 0.2) is 0 Å². The molecule has 2 radical (unpaired) electrons. The SMILES string of the molecule is [CH2]C1CCCCC1[CH2]. The molecule has 8 heavy (non-hydrogen) atoms. The Morgan fingerprint density at radius 1 is 0.875 bits per heavy atom. The first-order chi connectivity index (χ1) is 3.80. The van der Waals surface area contributed by atoms with Gasteiger partial charge in [-0.1, -0.05) is 25.7 Å². The molecule has 0 aromatic carbocycles. The molecule has 0 spiro atoms. The average Bonchev–Trinajstić information content (AvgIpc) is 1.77. The lowest BCUT2D eigenvalue weighted by molar-refractivity contribution is 0.332. The smallest absolute Gasteiger partial charge is 0.0386 e. The van der Waals surface area contributed by atoms with Crippen molar-refractivity contribution in [2.45, 2.75) is 25.7 Å². The summed E-state index contributed by atoms with van der Waals surface area (Å²) in [5.74, 6) is 1.28. The maximum absolute atomic E-state index is 4.02. The Hall–Kier alpha value is 0. The van der Waals surface area contributed by atoms with Gasteiger partial charge in [0.05, 0.1) is 0 Å². The highest BCUT2D eigenvalue weighted by molar-refractivity contribution is 4.77. The van der Waals surface area contributed by atoms with Gasteiger partial charge in [0.15, 0.2) is 0 Å². The van der Waals surface area contributed by atoms with Crippen molar-refractivity contribution >= 4 is 0 Å². The van der Waals surface area contributed by atoms with E-state index in [1.807, 2.05) is 0 Å². The van der Waals surface area contributed by atoms with Gasteiger partial charge in [-0.3, -0.25) is 0 Å². The first kappa shape index (κ1) is 6.12. The van der Waals surface area contributed by atoms with Crippen LogP contribution in [-0.4, -0.2) is 0 Å². The Morgan fingerprint density at radius 3 is 1.50 bits per heavy atom. The predicted molar refractivity (Wildman–Crippen MR) is 36.2 cm³/mol. The van der Waals surface area contributed by atoms with Crippen LogP contribution < -0.4 is 0 Å². The molecule has 0 aromatic rings. The van der Waals surface area contributed by atoms with Gasteiger partial charge in [-0.15, -0.1) is 0 Å². The molecule has 1 fully saturated rings. The van der Waals surface area contributed by atoms with Crippen LogP contribution in [-0.2, 0) is 0 Å². The van der Waals surface area contributed by atoms with Crippen LogP contribution >= 0.6 is 0 Å². The van der Waals surface area contributed by atoms with Gasteiger partial charge in [0, 0.05) is 0 Å². The average molecular weight is 110 g/mol. The summed E-state index contributed by atoms with van der Waals surface area (Å²) in [5, 5.41) is 0. The summed E-state index contributed by atoms with van der Waals surface area (Å²) in [6.45, 7) is 8.03. The van der Waals surface area contributed by atoms with E-state index in [1.165, 1.54) is 25.7 Å². The Balaban J connectivity index is 2.28. The van der Waals surface area contributed by atoms with Crippen molar-refractivity contribution in [1.82, 2.24) is 0 Å². The van der Waals surface area contributed by atoms with Gasteiger partial charge in [0.2, 0.25) is 0 Å². The molecule has 0 nitrogen and oxygen atoms in total. The molecule has 1 saturated carbocycles. The fraction of sp³-hybridized carbons (Fsp3) is 0.750. The standard InChI is InChI=1S/C8H14/c1-7-5-3-4-6-8(7)2/h7-8H,1-6H2. The molecule has 2 atom stereocenters. The molecule has 0 saturated heterocycles. The van der Waals surface area contributed by atoms with Crippen LogP contribution in [0.5, 0.6) is 0 Å². The molecule has 0 heterocycles.